The molecule has 0 aromatic rings. The van der Waals surface area contributed by atoms with E-state index in [-0.39, 0.29) is 123 Å². The van der Waals surface area contributed by atoms with Crippen LogP contribution in [0.4, 0.5) is 0 Å². The minimum atomic E-state index is 0. The van der Waals surface area contributed by atoms with E-state index in [0.29, 0.717) is 0 Å². The van der Waals surface area contributed by atoms with Gasteiger partial charge in [-0.05, 0) is 0 Å². The second-order valence-corrected chi connectivity index (χ2v) is 0. The minimum absolute atomic E-state index is 0. The fraction of sp³-hybridized carbons (Fsp3) is 0. The van der Waals surface area contributed by atoms with Crippen molar-refractivity contribution in [3.05, 3.63) is 0 Å². The Labute approximate surface area is 119 Å². The summed E-state index contributed by atoms with van der Waals surface area (Å²) in [7, 11) is 0. The molecule has 0 spiro atoms. The zero-order valence-electron chi connectivity index (χ0n) is 0.408. The van der Waals surface area contributed by atoms with E-state index in [4.69, 9.17) is 0 Å². The topological polar surface area (TPSA) is 0 Å². The van der Waals surface area contributed by atoms with Gasteiger partial charge in [0.25, 0.3) is 0 Å². The summed E-state index contributed by atoms with van der Waals surface area (Å²) in [5, 5.41) is 0. The second kappa shape index (κ2) is 15.8. The van der Waals surface area contributed by atoms with Crippen molar-refractivity contribution in [3.8, 4) is 0 Å². The molecule has 0 aromatic heterocycles. The van der Waals surface area contributed by atoms with Crippen molar-refractivity contribution in [2.24, 2.45) is 0 Å². The van der Waals surface area contributed by atoms with Gasteiger partial charge in [-0.1, -0.05) is 0 Å². The van der Waals surface area contributed by atoms with Crippen LogP contribution in [-0.2, 0) is 0 Å². The molecular weight excluding hydrogens is 121 g/mol. The molecule has 0 atom stereocenters. The monoisotopic (exact) mass is 124 g/mol. The van der Waals surface area contributed by atoms with Gasteiger partial charge in [-0.25, -0.2) is 0 Å². The molecule has 0 unspecified atom stereocenters. The summed E-state index contributed by atoms with van der Waals surface area (Å²) in [4.78, 5) is 0. The Morgan fingerprint density at radius 3 is 0.750 bits per heavy atom. The third kappa shape index (κ3) is 9.33. The van der Waals surface area contributed by atoms with Crippen molar-refractivity contribution in [2.75, 3.05) is 0 Å². The molecule has 0 nitrogen and oxygen atoms in total. The van der Waals surface area contributed by atoms with Crippen molar-refractivity contribution in [2.45, 2.75) is 0 Å². The number of rotatable bonds is 0. The van der Waals surface area contributed by atoms with Gasteiger partial charge in [0.2, 0.25) is 0 Å². The average molecular weight is 125 g/mol. The molecule has 0 bridgehead atoms. The summed E-state index contributed by atoms with van der Waals surface area (Å²) < 4.78 is 0. The van der Waals surface area contributed by atoms with Gasteiger partial charge < -0.3 is 0 Å². The molecule has 0 aromatic carbocycles. The first kappa shape index (κ1) is 24.7. The molecule has 0 radical (unpaired) electrons. The summed E-state index contributed by atoms with van der Waals surface area (Å²) in [6.07, 6.45) is 0. The molecule has 0 saturated heterocycles. The van der Waals surface area contributed by atoms with Crippen LogP contribution >= 0.6 is 12.4 Å². The standard InChI is InChI=1S/ClH.K.2Na.3H/h1H;;;;;;. The van der Waals surface area contributed by atoms with Crippen LogP contribution in [0.15, 0.2) is 0 Å². The SMILES string of the molecule is Cl.[KH].[NaH].[NaH]. The van der Waals surface area contributed by atoms with Crippen LogP contribution in [0, 0.1) is 0 Å². The Bertz CT molecular complexity index is 6.00. The van der Waals surface area contributed by atoms with Gasteiger partial charge in [-0.15, -0.1) is 12.4 Å². The summed E-state index contributed by atoms with van der Waals surface area (Å²) in [5.74, 6) is 0. The molecule has 0 N–H and O–H groups in total. The van der Waals surface area contributed by atoms with Crippen LogP contribution in [0.1, 0.15) is 0 Å². The Hall–Kier alpha value is 3.93. The fourth-order valence-electron chi connectivity index (χ4n) is 0. The second-order valence-electron chi connectivity index (χ2n) is 0. The normalized spacial score (nSPS) is 0. The molecule has 14 valence electrons. The van der Waals surface area contributed by atoms with E-state index < -0.39 is 0 Å². The van der Waals surface area contributed by atoms with Crippen LogP contribution in [0.25, 0.3) is 0 Å². The van der Waals surface area contributed by atoms with E-state index in [1.165, 1.54) is 0 Å². The summed E-state index contributed by atoms with van der Waals surface area (Å²) in [6, 6.07) is 0. The Balaban J connectivity index is 0. The Morgan fingerprint density at radius 1 is 0.750 bits per heavy atom. The van der Waals surface area contributed by atoms with Gasteiger partial charge in [0.15, 0.2) is 0 Å². The summed E-state index contributed by atoms with van der Waals surface area (Å²) in [6.45, 7) is 0. The van der Waals surface area contributed by atoms with Crippen molar-refractivity contribution < 1.29 is 0 Å². The number of hydrogen-bond donors (Lipinski definition) is 0. The molecule has 0 heterocycles. The molecule has 0 amide bonds. The zero-order valence-corrected chi connectivity index (χ0v) is 1.22. The van der Waals surface area contributed by atoms with E-state index in [0.717, 1.165) is 0 Å². The van der Waals surface area contributed by atoms with Crippen LogP contribution in [0.5, 0.6) is 0 Å². The predicted octanol–water partition coefficient (Wildman–Crippen LogP) is -1.52. The van der Waals surface area contributed by atoms with E-state index in [1.807, 2.05) is 0 Å². The predicted molar refractivity (Wildman–Crippen MR) is 28.7 cm³/mol. The van der Waals surface area contributed by atoms with Gasteiger partial charge >= 0.3 is 110 Å². The van der Waals surface area contributed by atoms with Crippen LogP contribution < -0.4 is 0 Å². The van der Waals surface area contributed by atoms with E-state index >= 15 is 0 Å². The van der Waals surface area contributed by atoms with E-state index in [1.54, 1.807) is 0 Å². The zero-order chi connectivity index (χ0) is 0. The summed E-state index contributed by atoms with van der Waals surface area (Å²) >= 11 is 0. The molecule has 0 aliphatic rings. The van der Waals surface area contributed by atoms with Gasteiger partial charge in [0.1, 0.15) is 0 Å². The fourth-order valence-corrected chi connectivity index (χ4v) is 0. The third-order valence-electron chi connectivity index (χ3n) is 0. The number of hydrogen-bond acceptors (Lipinski definition) is 0. The van der Waals surface area contributed by atoms with Gasteiger partial charge in [0.05, 0.1) is 0 Å². The van der Waals surface area contributed by atoms with Crippen LogP contribution in [0.3, 0.4) is 0 Å². The number of halogens is 1. The van der Waals surface area contributed by atoms with Gasteiger partial charge in [0, 0.05) is 0 Å². The Morgan fingerprint density at radius 2 is 0.750 bits per heavy atom. The van der Waals surface area contributed by atoms with Gasteiger partial charge in [-0.2, -0.15) is 0 Å². The van der Waals surface area contributed by atoms with Crippen LogP contribution in [0.2, 0.25) is 0 Å². The van der Waals surface area contributed by atoms with E-state index in [2.05, 4.69) is 0 Å². The first-order valence-corrected chi connectivity index (χ1v) is 0. The maximum absolute atomic E-state index is 0. The van der Waals surface area contributed by atoms with Crippen LogP contribution in [-0.4, -0.2) is 110 Å². The van der Waals surface area contributed by atoms with Crippen molar-refractivity contribution in [3.63, 3.8) is 0 Å². The molecule has 0 saturated carbocycles. The average Bonchev–Trinajstić information content (AvgIpc) is 0. The first-order chi connectivity index (χ1) is 0. The molecule has 0 fully saturated rings. The summed E-state index contributed by atoms with van der Waals surface area (Å²) in [5.41, 5.74) is 0. The molecule has 0 rings (SSSR count). The molecular formula is H4ClKNa2. The molecule has 0 aliphatic carbocycles. The Kier molecular flexibility index (Phi) is 97.3. The third-order valence-corrected chi connectivity index (χ3v) is 0. The van der Waals surface area contributed by atoms with Crippen molar-refractivity contribution >= 4 is 123 Å². The van der Waals surface area contributed by atoms with E-state index in [9.17, 15) is 0 Å². The van der Waals surface area contributed by atoms with Gasteiger partial charge in [-0.3, -0.25) is 0 Å². The molecule has 4 heteroatoms. The quantitative estimate of drug-likeness (QED) is 0.344. The maximum atomic E-state index is 0. The molecule has 0 aliphatic heterocycles. The molecule has 4 heavy (non-hydrogen) atoms. The van der Waals surface area contributed by atoms with Crippen molar-refractivity contribution in [1.82, 2.24) is 0 Å². The first-order valence-electron chi connectivity index (χ1n) is 0. The van der Waals surface area contributed by atoms with Crippen molar-refractivity contribution in [1.29, 1.82) is 0 Å².